The van der Waals surface area contributed by atoms with Crippen molar-refractivity contribution < 1.29 is 0 Å². The summed E-state index contributed by atoms with van der Waals surface area (Å²) in [5.74, 6) is 0.887. The molecular formula is C17H14N4S. The molecule has 4 nitrogen and oxygen atoms in total. The van der Waals surface area contributed by atoms with Gasteiger partial charge in [-0.15, -0.1) is 0 Å². The zero-order valence-electron chi connectivity index (χ0n) is 11.8. The second-order valence-corrected chi connectivity index (χ2v) is 5.51. The van der Waals surface area contributed by atoms with Gasteiger partial charge in [0, 0.05) is 17.4 Å². The van der Waals surface area contributed by atoms with Gasteiger partial charge in [-0.2, -0.15) is 5.10 Å². The summed E-state index contributed by atoms with van der Waals surface area (Å²) < 4.78 is 4.77. The van der Waals surface area contributed by atoms with Crippen molar-refractivity contribution in [3.8, 4) is 5.69 Å². The molecule has 0 unspecified atom stereocenters. The Bertz CT molecular complexity index is 978. The smallest absolute Gasteiger partial charge is 0.199 e. The Hall–Kier alpha value is -2.66. The normalized spacial score (nSPS) is 11.1. The first kappa shape index (κ1) is 13.0. The number of nitrogens with zero attached hydrogens (tertiary/aromatic N) is 3. The molecule has 0 atom stereocenters. The largest absolute Gasteiger partial charge is 0.340 e. The highest BCUT2D eigenvalue weighted by Crippen LogP contribution is 2.18. The monoisotopic (exact) mass is 306 g/mol. The van der Waals surface area contributed by atoms with Gasteiger partial charge in [0.1, 0.15) is 0 Å². The molecule has 0 bridgehead atoms. The molecule has 5 heteroatoms. The second-order valence-electron chi connectivity index (χ2n) is 5.12. The summed E-state index contributed by atoms with van der Waals surface area (Å²) in [4.78, 5) is 0. The van der Waals surface area contributed by atoms with Crippen LogP contribution < -0.4 is 0 Å². The molecule has 2 aromatic heterocycles. The lowest BCUT2D eigenvalue weighted by Crippen LogP contribution is -2.06. The third-order valence-corrected chi connectivity index (χ3v) is 4.02. The van der Waals surface area contributed by atoms with Crippen molar-refractivity contribution in [3.63, 3.8) is 0 Å². The van der Waals surface area contributed by atoms with E-state index in [1.54, 1.807) is 0 Å². The molecule has 108 valence electrons. The molecule has 0 spiro atoms. The number of H-pyrrole nitrogens is 1. The molecule has 0 amide bonds. The molecule has 0 aliphatic carbocycles. The fraction of sp³-hybridized carbons (Fsp3) is 0.0588. The van der Waals surface area contributed by atoms with Crippen molar-refractivity contribution in [1.82, 2.24) is 19.3 Å². The Labute approximate surface area is 132 Å². The summed E-state index contributed by atoms with van der Waals surface area (Å²) in [6.07, 6.45) is 2.08. The van der Waals surface area contributed by atoms with Crippen LogP contribution >= 0.6 is 12.2 Å². The van der Waals surface area contributed by atoms with E-state index in [0.717, 1.165) is 11.5 Å². The summed E-state index contributed by atoms with van der Waals surface area (Å²) in [7, 11) is 0. The number of aromatic nitrogens is 4. The highest BCUT2D eigenvalue weighted by molar-refractivity contribution is 7.71. The summed E-state index contributed by atoms with van der Waals surface area (Å²) >= 11 is 5.38. The van der Waals surface area contributed by atoms with Gasteiger partial charge in [0.05, 0.1) is 6.54 Å². The average Bonchev–Trinajstić information content (AvgIpc) is 3.13. The Morgan fingerprint density at radius 2 is 1.73 bits per heavy atom. The van der Waals surface area contributed by atoms with Gasteiger partial charge in [-0.3, -0.25) is 9.67 Å². The lowest BCUT2D eigenvalue weighted by Gasteiger charge is -2.08. The third-order valence-electron chi connectivity index (χ3n) is 3.75. The Balaban J connectivity index is 1.80. The van der Waals surface area contributed by atoms with Crippen LogP contribution in [0.2, 0.25) is 0 Å². The molecule has 0 saturated heterocycles. The van der Waals surface area contributed by atoms with E-state index in [9.17, 15) is 0 Å². The van der Waals surface area contributed by atoms with Gasteiger partial charge < -0.3 is 4.57 Å². The van der Waals surface area contributed by atoms with Crippen molar-refractivity contribution in [2.75, 3.05) is 0 Å². The molecule has 0 aliphatic heterocycles. The Morgan fingerprint density at radius 3 is 2.59 bits per heavy atom. The fourth-order valence-electron chi connectivity index (χ4n) is 2.71. The minimum Gasteiger partial charge on any atom is -0.340 e. The predicted molar refractivity (Wildman–Crippen MR) is 89.8 cm³/mol. The number of fused-ring (bicyclic) bond motifs is 1. The molecule has 0 saturated carbocycles. The number of benzene rings is 2. The van der Waals surface area contributed by atoms with E-state index in [2.05, 4.69) is 39.2 Å². The maximum absolute atomic E-state index is 5.38. The molecule has 0 aliphatic rings. The maximum atomic E-state index is 5.38. The molecule has 2 aromatic carbocycles. The first-order valence-electron chi connectivity index (χ1n) is 7.08. The predicted octanol–water partition coefficient (Wildman–Crippen LogP) is 3.93. The quantitative estimate of drug-likeness (QED) is 0.582. The van der Waals surface area contributed by atoms with Gasteiger partial charge in [0.25, 0.3) is 0 Å². The van der Waals surface area contributed by atoms with Crippen LogP contribution in [0.25, 0.3) is 16.6 Å². The first-order chi connectivity index (χ1) is 10.8. The molecule has 22 heavy (non-hydrogen) atoms. The summed E-state index contributed by atoms with van der Waals surface area (Å²) in [6.45, 7) is 0.662. The van der Waals surface area contributed by atoms with Crippen LogP contribution in [0, 0.1) is 4.77 Å². The topological polar surface area (TPSA) is 38.5 Å². The Kier molecular flexibility index (Phi) is 3.12. The van der Waals surface area contributed by atoms with Crippen molar-refractivity contribution in [2.24, 2.45) is 0 Å². The molecule has 4 aromatic rings. The minimum absolute atomic E-state index is 0.609. The molecular weight excluding hydrogens is 292 g/mol. The van der Waals surface area contributed by atoms with Gasteiger partial charge in [-0.1, -0.05) is 36.4 Å². The molecule has 0 fully saturated rings. The Morgan fingerprint density at radius 1 is 0.955 bits per heavy atom. The van der Waals surface area contributed by atoms with E-state index in [1.165, 1.54) is 10.9 Å². The zero-order valence-corrected chi connectivity index (χ0v) is 12.6. The van der Waals surface area contributed by atoms with E-state index in [4.69, 9.17) is 12.2 Å². The molecule has 0 radical (unpaired) electrons. The van der Waals surface area contributed by atoms with Crippen LogP contribution in [0.5, 0.6) is 0 Å². The van der Waals surface area contributed by atoms with Gasteiger partial charge in [0.15, 0.2) is 10.6 Å². The average molecular weight is 306 g/mol. The lowest BCUT2D eigenvalue weighted by atomic mass is 10.2. The zero-order chi connectivity index (χ0) is 14.9. The summed E-state index contributed by atoms with van der Waals surface area (Å²) in [6, 6.07) is 20.5. The number of hydrogen-bond donors (Lipinski definition) is 1. The summed E-state index contributed by atoms with van der Waals surface area (Å²) in [5, 5.41) is 8.52. The van der Waals surface area contributed by atoms with Crippen LogP contribution in [-0.2, 0) is 6.54 Å². The van der Waals surface area contributed by atoms with Crippen molar-refractivity contribution in [2.45, 2.75) is 6.54 Å². The van der Waals surface area contributed by atoms with Crippen molar-refractivity contribution in [3.05, 3.63) is 77.5 Å². The van der Waals surface area contributed by atoms with E-state index >= 15 is 0 Å². The number of nitrogens with one attached hydrogen (secondary N) is 1. The first-order valence-corrected chi connectivity index (χ1v) is 7.49. The number of aromatic amines is 1. The maximum Gasteiger partial charge on any atom is 0.199 e. The summed E-state index contributed by atoms with van der Waals surface area (Å²) in [5.41, 5.74) is 2.21. The minimum atomic E-state index is 0.609. The molecule has 1 N–H and O–H groups in total. The van der Waals surface area contributed by atoms with Crippen molar-refractivity contribution in [1.29, 1.82) is 0 Å². The second kappa shape index (κ2) is 5.27. The number of rotatable bonds is 3. The van der Waals surface area contributed by atoms with Gasteiger partial charge >= 0.3 is 0 Å². The van der Waals surface area contributed by atoms with E-state index < -0.39 is 0 Å². The van der Waals surface area contributed by atoms with E-state index in [1.807, 2.05) is 47.0 Å². The fourth-order valence-corrected chi connectivity index (χ4v) is 2.97. The van der Waals surface area contributed by atoms with Crippen LogP contribution in [0.1, 0.15) is 5.82 Å². The molecule has 4 rings (SSSR count). The SMILES string of the molecule is S=c1[nH]nc(Cn2ccc3ccccc32)n1-c1ccccc1. The van der Waals surface area contributed by atoms with Gasteiger partial charge in [0.2, 0.25) is 0 Å². The lowest BCUT2D eigenvalue weighted by molar-refractivity contribution is 0.747. The van der Waals surface area contributed by atoms with E-state index in [0.29, 0.717) is 11.3 Å². The van der Waals surface area contributed by atoms with Gasteiger partial charge in [-0.25, -0.2) is 0 Å². The van der Waals surface area contributed by atoms with Gasteiger partial charge in [-0.05, 0) is 41.9 Å². The standard InChI is InChI=1S/C17H14N4S/c22-17-19-18-16(21(17)14-7-2-1-3-8-14)12-20-11-10-13-6-4-5-9-15(13)20/h1-11H,12H2,(H,19,22). The number of hydrogen-bond acceptors (Lipinski definition) is 2. The van der Waals surface area contributed by atoms with Crippen LogP contribution in [0.15, 0.2) is 66.9 Å². The van der Waals surface area contributed by atoms with E-state index in [-0.39, 0.29) is 0 Å². The van der Waals surface area contributed by atoms with Crippen LogP contribution in [0.3, 0.4) is 0 Å². The van der Waals surface area contributed by atoms with Crippen LogP contribution in [0.4, 0.5) is 0 Å². The highest BCUT2D eigenvalue weighted by Gasteiger charge is 2.10. The van der Waals surface area contributed by atoms with Crippen molar-refractivity contribution >= 4 is 23.1 Å². The van der Waals surface area contributed by atoms with Crippen LogP contribution in [-0.4, -0.2) is 19.3 Å². The third kappa shape index (κ3) is 2.16. The highest BCUT2D eigenvalue weighted by atomic mass is 32.1. The number of para-hydroxylation sites is 2. The molecule has 2 heterocycles.